The Morgan fingerprint density at radius 3 is 2.78 bits per heavy atom. The van der Waals surface area contributed by atoms with E-state index in [1.165, 1.54) is 19.3 Å². The molecule has 1 saturated carbocycles. The summed E-state index contributed by atoms with van der Waals surface area (Å²) in [6.45, 7) is 2.86. The summed E-state index contributed by atoms with van der Waals surface area (Å²) in [5, 5.41) is 4.26. The number of aromatic nitrogens is 2. The number of carbonyl (C=O) groups excluding carboxylic acids is 1. The molecule has 0 atom stereocenters. The molecule has 1 aromatic rings. The Kier molecular flexibility index (Phi) is 4.39. The van der Waals surface area contributed by atoms with Crippen molar-refractivity contribution in [2.75, 3.05) is 7.11 Å². The third-order valence-electron chi connectivity index (χ3n) is 3.67. The molecule has 0 saturated heterocycles. The number of hydrogen-bond donors (Lipinski definition) is 0. The molecule has 4 heteroatoms. The fourth-order valence-electron chi connectivity index (χ4n) is 2.71. The van der Waals surface area contributed by atoms with E-state index in [1.54, 1.807) is 18.0 Å². The average molecular weight is 250 g/mol. The predicted molar refractivity (Wildman–Crippen MR) is 70.0 cm³/mol. The van der Waals surface area contributed by atoms with Crippen LogP contribution in [0.1, 0.15) is 55.9 Å². The van der Waals surface area contributed by atoms with E-state index in [2.05, 4.69) is 12.0 Å². The van der Waals surface area contributed by atoms with Crippen LogP contribution < -0.4 is 4.74 Å². The van der Waals surface area contributed by atoms with Crippen LogP contribution in [-0.4, -0.2) is 22.7 Å². The van der Waals surface area contributed by atoms with E-state index in [0.29, 0.717) is 11.4 Å². The van der Waals surface area contributed by atoms with Crippen LogP contribution in [0, 0.1) is 5.92 Å². The molecule has 0 amide bonds. The minimum atomic E-state index is 0.167. The van der Waals surface area contributed by atoms with Gasteiger partial charge in [-0.2, -0.15) is 5.10 Å². The molecule has 100 valence electrons. The van der Waals surface area contributed by atoms with E-state index >= 15 is 0 Å². The number of aryl methyl sites for hydroxylation is 1. The van der Waals surface area contributed by atoms with E-state index in [0.717, 1.165) is 25.8 Å². The molecule has 2 rings (SSSR count). The van der Waals surface area contributed by atoms with Gasteiger partial charge in [-0.3, -0.25) is 9.48 Å². The van der Waals surface area contributed by atoms with E-state index in [4.69, 9.17) is 4.74 Å². The summed E-state index contributed by atoms with van der Waals surface area (Å²) >= 11 is 0. The zero-order valence-corrected chi connectivity index (χ0v) is 11.3. The Labute approximate surface area is 108 Å². The van der Waals surface area contributed by atoms with Gasteiger partial charge in [0.15, 0.2) is 11.5 Å². The second-order valence-corrected chi connectivity index (χ2v) is 4.98. The lowest BCUT2D eigenvalue weighted by Crippen LogP contribution is -2.22. The minimum absolute atomic E-state index is 0.167. The number of Topliss-reactive ketones (excluding diaryl/α,β-unsaturated/α-hetero) is 1. The molecular weight excluding hydrogens is 228 g/mol. The molecule has 0 bridgehead atoms. The summed E-state index contributed by atoms with van der Waals surface area (Å²) in [6, 6.07) is 0. The van der Waals surface area contributed by atoms with Gasteiger partial charge in [0.2, 0.25) is 0 Å². The highest BCUT2D eigenvalue weighted by atomic mass is 16.5. The van der Waals surface area contributed by atoms with Crippen molar-refractivity contribution in [3.63, 3.8) is 0 Å². The zero-order valence-electron chi connectivity index (χ0n) is 11.3. The second kappa shape index (κ2) is 6.03. The van der Waals surface area contributed by atoms with Gasteiger partial charge in [0.1, 0.15) is 5.69 Å². The van der Waals surface area contributed by atoms with Gasteiger partial charge in [-0.1, -0.05) is 26.2 Å². The summed E-state index contributed by atoms with van der Waals surface area (Å²) in [5.74, 6) is 1.01. The summed E-state index contributed by atoms with van der Waals surface area (Å²) in [5.41, 5.74) is 0.672. The van der Waals surface area contributed by atoms with Gasteiger partial charge in [0, 0.05) is 12.5 Å². The molecule has 1 fully saturated rings. The maximum absolute atomic E-state index is 12.6. The highest BCUT2D eigenvalue weighted by Gasteiger charge is 2.28. The number of ether oxygens (including phenoxy) is 1. The van der Waals surface area contributed by atoms with Crippen LogP contribution in [0.5, 0.6) is 5.75 Å². The van der Waals surface area contributed by atoms with Gasteiger partial charge in [-0.05, 0) is 19.3 Å². The fraction of sp³-hybridized carbons (Fsp3) is 0.714. The Morgan fingerprint density at radius 1 is 1.44 bits per heavy atom. The molecule has 1 aromatic heterocycles. The molecule has 0 aliphatic heterocycles. The van der Waals surface area contributed by atoms with Crippen LogP contribution >= 0.6 is 0 Å². The van der Waals surface area contributed by atoms with Crippen LogP contribution in [0.3, 0.4) is 0 Å². The summed E-state index contributed by atoms with van der Waals surface area (Å²) in [6.07, 6.45) is 8.25. The SMILES string of the molecule is CCCn1ncc(OC)c1C(=O)C1CCCCC1. The first-order valence-corrected chi connectivity index (χ1v) is 6.92. The summed E-state index contributed by atoms with van der Waals surface area (Å²) in [4.78, 5) is 12.6. The third kappa shape index (κ3) is 2.57. The Morgan fingerprint density at radius 2 is 2.17 bits per heavy atom. The van der Waals surface area contributed by atoms with E-state index in [-0.39, 0.29) is 11.7 Å². The highest BCUT2D eigenvalue weighted by Crippen LogP contribution is 2.30. The van der Waals surface area contributed by atoms with E-state index < -0.39 is 0 Å². The largest absolute Gasteiger partial charge is 0.493 e. The van der Waals surface area contributed by atoms with Gasteiger partial charge >= 0.3 is 0 Å². The third-order valence-corrected chi connectivity index (χ3v) is 3.67. The number of rotatable bonds is 5. The lowest BCUT2D eigenvalue weighted by Gasteiger charge is -2.21. The second-order valence-electron chi connectivity index (χ2n) is 4.98. The van der Waals surface area contributed by atoms with Crippen molar-refractivity contribution in [3.8, 4) is 5.75 Å². The molecule has 0 unspecified atom stereocenters. The average Bonchev–Trinajstić information content (AvgIpc) is 2.82. The van der Waals surface area contributed by atoms with Crippen molar-refractivity contribution < 1.29 is 9.53 Å². The smallest absolute Gasteiger partial charge is 0.187 e. The first-order valence-electron chi connectivity index (χ1n) is 6.92. The normalized spacial score (nSPS) is 16.8. The van der Waals surface area contributed by atoms with E-state index in [9.17, 15) is 4.79 Å². The van der Waals surface area contributed by atoms with Gasteiger partial charge in [0.25, 0.3) is 0 Å². The number of nitrogens with zero attached hydrogens (tertiary/aromatic N) is 2. The maximum atomic E-state index is 12.6. The lowest BCUT2D eigenvalue weighted by molar-refractivity contribution is 0.0874. The summed E-state index contributed by atoms with van der Waals surface area (Å²) in [7, 11) is 1.60. The molecule has 0 N–H and O–H groups in total. The summed E-state index contributed by atoms with van der Waals surface area (Å²) < 4.78 is 7.08. The molecule has 1 heterocycles. The number of carbonyl (C=O) groups is 1. The predicted octanol–water partition coefficient (Wildman–Crippen LogP) is 3.06. The number of methoxy groups -OCH3 is 1. The number of ketones is 1. The maximum Gasteiger partial charge on any atom is 0.187 e. The molecule has 0 spiro atoms. The Bertz CT molecular complexity index is 406. The molecule has 0 radical (unpaired) electrons. The monoisotopic (exact) mass is 250 g/mol. The first kappa shape index (κ1) is 13.1. The van der Waals surface area contributed by atoms with Crippen LogP contribution in [0.4, 0.5) is 0 Å². The van der Waals surface area contributed by atoms with Gasteiger partial charge in [0.05, 0.1) is 13.3 Å². The topological polar surface area (TPSA) is 44.1 Å². The van der Waals surface area contributed by atoms with Crippen LogP contribution in [-0.2, 0) is 6.54 Å². The lowest BCUT2D eigenvalue weighted by atomic mass is 9.85. The fourth-order valence-corrected chi connectivity index (χ4v) is 2.71. The van der Waals surface area contributed by atoms with Crippen molar-refractivity contribution in [3.05, 3.63) is 11.9 Å². The van der Waals surface area contributed by atoms with Gasteiger partial charge in [-0.15, -0.1) is 0 Å². The molecule has 18 heavy (non-hydrogen) atoms. The van der Waals surface area contributed by atoms with Crippen LogP contribution in [0.2, 0.25) is 0 Å². The van der Waals surface area contributed by atoms with Crippen molar-refractivity contribution in [2.45, 2.75) is 52.0 Å². The van der Waals surface area contributed by atoms with Crippen molar-refractivity contribution >= 4 is 5.78 Å². The van der Waals surface area contributed by atoms with Crippen LogP contribution in [0.25, 0.3) is 0 Å². The molecule has 1 aliphatic carbocycles. The molecule has 1 aliphatic rings. The number of hydrogen-bond acceptors (Lipinski definition) is 3. The minimum Gasteiger partial charge on any atom is -0.493 e. The molecule has 4 nitrogen and oxygen atoms in total. The van der Waals surface area contributed by atoms with Crippen molar-refractivity contribution in [1.82, 2.24) is 9.78 Å². The quantitative estimate of drug-likeness (QED) is 0.754. The first-order chi connectivity index (χ1) is 8.77. The standard InChI is InChI=1S/C14H22N2O2/c1-3-9-16-13(12(18-2)10-15-16)14(17)11-7-5-4-6-8-11/h10-11H,3-9H2,1-2H3. The Hall–Kier alpha value is -1.32. The van der Waals surface area contributed by atoms with Crippen molar-refractivity contribution in [2.24, 2.45) is 5.92 Å². The Balaban J connectivity index is 2.23. The molecule has 0 aromatic carbocycles. The highest BCUT2D eigenvalue weighted by molar-refractivity contribution is 5.98. The van der Waals surface area contributed by atoms with E-state index in [1.807, 2.05) is 0 Å². The van der Waals surface area contributed by atoms with Gasteiger partial charge < -0.3 is 4.74 Å². The van der Waals surface area contributed by atoms with Crippen molar-refractivity contribution in [1.29, 1.82) is 0 Å². The zero-order chi connectivity index (χ0) is 13.0. The molecular formula is C14H22N2O2. The van der Waals surface area contributed by atoms with Gasteiger partial charge in [-0.25, -0.2) is 0 Å². The van der Waals surface area contributed by atoms with Crippen LogP contribution in [0.15, 0.2) is 6.20 Å².